The van der Waals surface area contributed by atoms with Gasteiger partial charge in [0.2, 0.25) is 6.79 Å². The van der Waals surface area contributed by atoms with E-state index in [1.54, 1.807) is 0 Å². The van der Waals surface area contributed by atoms with Gasteiger partial charge in [-0.05, 0) is 42.0 Å². The van der Waals surface area contributed by atoms with Crippen molar-refractivity contribution in [3.8, 4) is 17.2 Å². The van der Waals surface area contributed by atoms with Crippen LogP contribution in [0.3, 0.4) is 0 Å². The molecule has 5 rings (SSSR count). The van der Waals surface area contributed by atoms with E-state index in [9.17, 15) is 4.79 Å². The Balaban J connectivity index is 1.25. The van der Waals surface area contributed by atoms with Gasteiger partial charge < -0.3 is 24.4 Å². The Morgan fingerprint density at radius 1 is 0.882 bits per heavy atom. The van der Waals surface area contributed by atoms with E-state index in [1.807, 2.05) is 48.5 Å². The van der Waals surface area contributed by atoms with Crippen molar-refractivity contribution in [2.45, 2.75) is 6.04 Å². The van der Waals surface area contributed by atoms with Crippen LogP contribution in [-0.2, 0) is 4.79 Å². The van der Waals surface area contributed by atoms with Gasteiger partial charge in [-0.15, -0.1) is 0 Å². The molecule has 1 N–H and O–H groups in total. The maximum Gasteiger partial charge on any atom is 0.258 e. The number of benzene rings is 3. The van der Waals surface area contributed by atoms with E-state index in [1.165, 1.54) is 5.69 Å². The molecule has 0 radical (unpaired) electrons. The van der Waals surface area contributed by atoms with E-state index < -0.39 is 0 Å². The lowest BCUT2D eigenvalue weighted by molar-refractivity contribution is -0.123. The maximum atomic E-state index is 12.6. The summed E-state index contributed by atoms with van der Waals surface area (Å²) in [7, 11) is 0. The molecule has 2 aliphatic heterocycles. The Labute approximate surface area is 199 Å². The number of hydrogen-bond acceptors (Lipinski definition) is 6. The molecular formula is C27H29N3O4. The molecule has 0 aromatic heterocycles. The summed E-state index contributed by atoms with van der Waals surface area (Å²) in [5.74, 6) is 2.06. The van der Waals surface area contributed by atoms with Crippen LogP contribution >= 0.6 is 0 Å². The Kier molecular flexibility index (Phi) is 6.81. The monoisotopic (exact) mass is 459 g/mol. The molecule has 0 aliphatic carbocycles. The highest BCUT2D eigenvalue weighted by molar-refractivity contribution is 5.77. The van der Waals surface area contributed by atoms with Crippen LogP contribution < -0.4 is 24.4 Å². The summed E-state index contributed by atoms with van der Waals surface area (Å²) in [4.78, 5) is 17.4. The standard InChI is InChI=1S/C27H29N3O4/c31-27(19-32-23-9-5-2-6-10-23)28-18-24(21-11-12-25-26(17-21)34-20-33-25)30-15-13-29(14-16-30)22-7-3-1-4-8-22/h1-12,17,24H,13-16,18-20H2,(H,28,31)/t24-/m1/s1. The molecule has 1 atom stereocenters. The van der Waals surface area contributed by atoms with Gasteiger partial charge in [0.05, 0.1) is 6.04 Å². The number of carbonyl (C=O) groups is 1. The minimum Gasteiger partial charge on any atom is -0.484 e. The number of ether oxygens (including phenoxy) is 3. The fourth-order valence-corrected chi connectivity index (χ4v) is 4.44. The molecule has 0 bridgehead atoms. The van der Waals surface area contributed by atoms with Gasteiger partial charge in [0, 0.05) is 38.4 Å². The van der Waals surface area contributed by atoms with Crippen LogP contribution in [0.2, 0.25) is 0 Å². The Hall–Kier alpha value is -3.71. The van der Waals surface area contributed by atoms with Gasteiger partial charge >= 0.3 is 0 Å². The van der Waals surface area contributed by atoms with Gasteiger partial charge in [0.1, 0.15) is 5.75 Å². The van der Waals surface area contributed by atoms with Crippen LogP contribution in [0.25, 0.3) is 0 Å². The lowest BCUT2D eigenvalue weighted by Crippen LogP contribution is -2.50. The van der Waals surface area contributed by atoms with E-state index in [-0.39, 0.29) is 25.3 Å². The van der Waals surface area contributed by atoms with Crippen LogP contribution in [0.4, 0.5) is 5.69 Å². The number of nitrogens with one attached hydrogen (secondary N) is 1. The summed E-state index contributed by atoms with van der Waals surface area (Å²) in [5.41, 5.74) is 2.34. The Bertz CT molecular complexity index is 1090. The van der Waals surface area contributed by atoms with Gasteiger partial charge in [-0.1, -0.05) is 42.5 Å². The first-order valence-electron chi connectivity index (χ1n) is 11.6. The smallest absolute Gasteiger partial charge is 0.258 e. The van der Waals surface area contributed by atoms with E-state index in [4.69, 9.17) is 14.2 Å². The predicted molar refractivity (Wildman–Crippen MR) is 130 cm³/mol. The normalized spacial score (nSPS) is 16.2. The Morgan fingerprint density at radius 2 is 1.59 bits per heavy atom. The summed E-state index contributed by atoms with van der Waals surface area (Å²) < 4.78 is 16.7. The zero-order valence-electron chi connectivity index (χ0n) is 19.1. The quantitative estimate of drug-likeness (QED) is 0.557. The first-order valence-corrected chi connectivity index (χ1v) is 11.6. The highest BCUT2D eigenvalue weighted by atomic mass is 16.7. The van der Waals surface area contributed by atoms with E-state index in [0.29, 0.717) is 12.3 Å². The molecule has 2 heterocycles. The number of fused-ring (bicyclic) bond motifs is 1. The Morgan fingerprint density at radius 3 is 2.35 bits per heavy atom. The largest absolute Gasteiger partial charge is 0.484 e. The number of carbonyl (C=O) groups excluding carboxylic acids is 1. The number of nitrogens with zero attached hydrogens (tertiary/aromatic N) is 2. The third-order valence-electron chi connectivity index (χ3n) is 6.26. The highest BCUT2D eigenvalue weighted by Gasteiger charge is 2.27. The number of amides is 1. The maximum absolute atomic E-state index is 12.6. The van der Waals surface area contributed by atoms with Gasteiger partial charge in [-0.3, -0.25) is 9.69 Å². The molecule has 1 fully saturated rings. The summed E-state index contributed by atoms with van der Waals surface area (Å²) in [6, 6.07) is 25.9. The van der Waals surface area contributed by atoms with Crippen molar-refractivity contribution in [1.29, 1.82) is 0 Å². The van der Waals surface area contributed by atoms with Gasteiger partial charge in [0.15, 0.2) is 18.1 Å². The average molecular weight is 460 g/mol. The van der Waals surface area contributed by atoms with E-state index in [0.717, 1.165) is 43.2 Å². The molecule has 1 amide bonds. The summed E-state index contributed by atoms with van der Waals surface area (Å²) in [6.07, 6.45) is 0. The molecule has 0 saturated carbocycles. The van der Waals surface area contributed by atoms with Crippen LogP contribution in [0.5, 0.6) is 17.2 Å². The average Bonchev–Trinajstić information content (AvgIpc) is 3.37. The first-order chi connectivity index (χ1) is 16.8. The molecule has 176 valence electrons. The highest BCUT2D eigenvalue weighted by Crippen LogP contribution is 2.35. The third kappa shape index (κ3) is 5.26. The molecule has 0 spiro atoms. The molecule has 3 aromatic rings. The molecule has 1 saturated heterocycles. The predicted octanol–water partition coefficient (Wildman–Crippen LogP) is 3.47. The lowest BCUT2D eigenvalue weighted by Gasteiger charge is -2.40. The van der Waals surface area contributed by atoms with Gasteiger partial charge in [0.25, 0.3) is 5.91 Å². The zero-order chi connectivity index (χ0) is 23.2. The molecule has 2 aliphatic rings. The fraction of sp³-hybridized carbons (Fsp3) is 0.296. The van der Waals surface area contributed by atoms with Crippen LogP contribution in [0, 0.1) is 0 Å². The number of rotatable bonds is 8. The van der Waals surface area contributed by atoms with Crippen molar-refractivity contribution in [3.05, 3.63) is 84.4 Å². The van der Waals surface area contributed by atoms with Gasteiger partial charge in [-0.2, -0.15) is 0 Å². The van der Waals surface area contributed by atoms with Crippen molar-refractivity contribution in [2.24, 2.45) is 0 Å². The van der Waals surface area contributed by atoms with E-state index in [2.05, 4.69) is 45.4 Å². The number of anilines is 1. The van der Waals surface area contributed by atoms with Gasteiger partial charge in [-0.25, -0.2) is 0 Å². The van der Waals surface area contributed by atoms with Crippen LogP contribution in [0.1, 0.15) is 11.6 Å². The summed E-state index contributed by atoms with van der Waals surface area (Å²) in [6.45, 7) is 4.36. The minimum absolute atomic E-state index is 0.0142. The number of hydrogen-bond donors (Lipinski definition) is 1. The lowest BCUT2D eigenvalue weighted by atomic mass is 10.0. The summed E-state index contributed by atoms with van der Waals surface area (Å²) in [5, 5.41) is 3.07. The minimum atomic E-state index is -0.141. The van der Waals surface area contributed by atoms with Crippen molar-refractivity contribution >= 4 is 11.6 Å². The van der Waals surface area contributed by atoms with Crippen molar-refractivity contribution in [2.75, 3.05) is 51.0 Å². The second kappa shape index (κ2) is 10.5. The van der Waals surface area contributed by atoms with Crippen molar-refractivity contribution in [3.63, 3.8) is 0 Å². The molecular weight excluding hydrogens is 430 g/mol. The van der Waals surface area contributed by atoms with Crippen molar-refractivity contribution < 1.29 is 19.0 Å². The number of para-hydroxylation sites is 2. The topological polar surface area (TPSA) is 63.3 Å². The van der Waals surface area contributed by atoms with Crippen LogP contribution in [0.15, 0.2) is 78.9 Å². The zero-order valence-corrected chi connectivity index (χ0v) is 19.1. The van der Waals surface area contributed by atoms with Crippen LogP contribution in [-0.4, -0.2) is 56.9 Å². The number of piperazine rings is 1. The molecule has 0 unspecified atom stereocenters. The second-order valence-electron chi connectivity index (χ2n) is 8.39. The summed E-state index contributed by atoms with van der Waals surface area (Å²) >= 11 is 0. The molecule has 34 heavy (non-hydrogen) atoms. The second-order valence-corrected chi connectivity index (χ2v) is 8.39. The fourth-order valence-electron chi connectivity index (χ4n) is 4.44. The van der Waals surface area contributed by atoms with E-state index >= 15 is 0 Å². The third-order valence-corrected chi connectivity index (χ3v) is 6.26. The molecule has 7 heteroatoms. The molecule has 3 aromatic carbocycles. The first kappa shape index (κ1) is 22.1. The SMILES string of the molecule is O=C(COc1ccccc1)NC[C@H](c1ccc2c(c1)OCO2)N1CCN(c2ccccc2)CC1. The molecule has 7 nitrogen and oxygen atoms in total. The van der Waals surface area contributed by atoms with Crippen molar-refractivity contribution in [1.82, 2.24) is 10.2 Å².